The van der Waals surface area contributed by atoms with Gasteiger partial charge in [0.05, 0.1) is 5.69 Å². The number of Topliss-reactive ketones (excluding diaryl/α,β-unsaturated/α-hetero) is 1. The lowest BCUT2D eigenvalue weighted by Crippen LogP contribution is -2.33. The van der Waals surface area contributed by atoms with Gasteiger partial charge < -0.3 is 10.7 Å². The highest BCUT2D eigenvalue weighted by molar-refractivity contribution is 6.42. The fraction of sp³-hybridized carbons (Fsp3) is 0.214. The molecule has 1 aromatic heterocycles. The predicted molar refractivity (Wildman–Crippen MR) is 130 cm³/mol. The highest BCUT2D eigenvalue weighted by atomic mass is 16.2. The minimum atomic E-state index is -0.949. The van der Waals surface area contributed by atoms with Crippen LogP contribution in [0.15, 0.2) is 84.9 Å². The van der Waals surface area contributed by atoms with Gasteiger partial charge in [-0.2, -0.15) is 0 Å². The number of hydrogen-bond donors (Lipinski definition) is 2. The van der Waals surface area contributed by atoms with E-state index in [1.54, 1.807) is 6.07 Å². The third-order valence-electron chi connectivity index (χ3n) is 6.77. The summed E-state index contributed by atoms with van der Waals surface area (Å²) in [6.07, 6.45) is 2.00. The maximum absolute atomic E-state index is 12.1. The molecule has 1 saturated heterocycles. The Morgan fingerprint density at radius 1 is 0.909 bits per heavy atom. The first-order chi connectivity index (χ1) is 16.0. The first-order valence-electron chi connectivity index (χ1n) is 11.3. The Balaban J connectivity index is 1.50. The molecule has 0 radical (unpaired) electrons. The minimum absolute atomic E-state index is 0.0323. The first-order valence-corrected chi connectivity index (χ1v) is 11.3. The zero-order valence-corrected chi connectivity index (χ0v) is 18.5. The van der Waals surface area contributed by atoms with Crippen molar-refractivity contribution in [1.82, 2.24) is 9.88 Å². The van der Waals surface area contributed by atoms with E-state index in [4.69, 9.17) is 5.73 Å². The first kappa shape index (κ1) is 21.2. The van der Waals surface area contributed by atoms with E-state index in [-0.39, 0.29) is 11.1 Å². The van der Waals surface area contributed by atoms with Crippen LogP contribution < -0.4 is 5.73 Å². The number of H-pyrrole nitrogens is 1. The second-order valence-electron chi connectivity index (χ2n) is 9.07. The monoisotopic (exact) mass is 437 g/mol. The summed E-state index contributed by atoms with van der Waals surface area (Å²) in [6.45, 7) is 2.92. The maximum Gasteiger partial charge on any atom is 0.291 e. The van der Waals surface area contributed by atoms with Crippen LogP contribution in [-0.2, 0) is 23.2 Å². The van der Waals surface area contributed by atoms with Gasteiger partial charge in [0, 0.05) is 29.4 Å². The lowest BCUT2D eigenvalue weighted by Gasteiger charge is -2.31. The van der Waals surface area contributed by atoms with E-state index in [1.165, 1.54) is 16.7 Å². The number of nitrogens with two attached hydrogens (primary N) is 1. The van der Waals surface area contributed by atoms with E-state index < -0.39 is 11.7 Å². The topological polar surface area (TPSA) is 79.2 Å². The largest absolute Gasteiger partial charge is 0.363 e. The minimum Gasteiger partial charge on any atom is -0.363 e. The summed E-state index contributed by atoms with van der Waals surface area (Å²) in [5.41, 5.74) is 10.1. The van der Waals surface area contributed by atoms with Crippen LogP contribution in [0.2, 0.25) is 0 Å². The van der Waals surface area contributed by atoms with E-state index in [0.717, 1.165) is 43.4 Å². The lowest BCUT2D eigenvalue weighted by molar-refractivity contribution is -0.114. The zero-order valence-electron chi connectivity index (χ0n) is 18.5. The Labute approximate surface area is 193 Å². The van der Waals surface area contributed by atoms with Crippen molar-refractivity contribution < 1.29 is 9.59 Å². The Morgan fingerprint density at radius 3 is 2.30 bits per heavy atom. The second kappa shape index (κ2) is 8.68. The molecule has 2 heterocycles. The number of aromatic amines is 1. The number of fused-ring (bicyclic) bond motifs is 1. The molecule has 1 fully saturated rings. The number of primary amides is 1. The molecule has 1 atom stereocenters. The van der Waals surface area contributed by atoms with Gasteiger partial charge in [-0.1, -0.05) is 66.7 Å². The van der Waals surface area contributed by atoms with E-state index in [1.807, 2.05) is 6.07 Å². The van der Waals surface area contributed by atoms with Crippen LogP contribution in [0.25, 0.3) is 10.9 Å². The summed E-state index contributed by atoms with van der Waals surface area (Å²) in [4.78, 5) is 29.0. The van der Waals surface area contributed by atoms with Crippen molar-refractivity contribution in [1.29, 1.82) is 0 Å². The standard InChI is InChI=1S/C28H27N3O2/c29-27(33)26(32)25-16-22-15-23(11-12-24(22)30-25)28(17-20-7-3-1-4-8-20)13-14-31(19-28)18-21-9-5-2-6-10-21/h1-12,15-16,30H,13-14,17-19H2,(H2,29,33). The summed E-state index contributed by atoms with van der Waals surface area (Å²) in [5.74, 6) is -1.64. The van der Waals surface area contributed by atoms with Crippen LogP contribution in [0.5, 0.6) is 0 Å². The molecule has 0 saturated carbocycles. The Bertz CT molecular complexity index is 1300. The zero-order chi connectivity index (χ0) is 22.8. The third-order valence-corrected chi connectivity index (χ3v) is 6.77. The van der Waals surface area contributed by atoms with Crippen molar-refractivity contribution in [3.05, 3.63) is 107 Å². The molecule has 3 aromatic carbocycles. The molecule has 0 aliphatic carbocycles. The maximum atomic E-state index is 12.1. The number of carbonyl (C=O) groups is 2. The quantitative estimate of drug-likeness (QED) is 0.336. The van der Waals surface area contributed by atoms with Crippen LogP contribution in [0, 0.1) is 0 Å². The molecule has 166 valence electrons. The molecule has 4 aromatic rings. The van der Waals surface area contributed by atoms with Crippen molar-refractivity contribution in [2.24, 2.45) is 5.73 Å². The number of aromatic nitrogens is 1. The molecule has 5 nitrogen and oxygen atoms in total. The normalized spacial score (nSPS) is 18.5. The number of carbonyl (C=O) groups excluding carboxylic acids is 2. The number of nitrogens with one attached hydrogen (secondary N) is 1. The molecule has 5 rings (SSSR count). The molecule has 5 heteroatoms. The van der Waals surface area contributed by atoms with Crippen LogP contribution in [-0.4, -0.2) is 34.7 Å². The molecule has 1 aliphatic heterocycles. The van der Waals surface area contributed by atoms with Crippen molar-refractivity contribution in [2.75, 3.05) is 13.1 Å². The van der Waals surface area contributed by atoms with Gasteiger partial charge in [0.2, 0.25) is 0 Å². The molecule has 1 amide bonds. The molecule has 33 heavy (non-hydrogen) atoms. The number of rotatable bonds is 7. The van der Waals surface area contributed by atoms with E-state index in [0.29, 0.717) is 0 Å². The molecule has 0 bridgehead atoms. The van der Waals surface area contributed by atoms with Gasteiger partial charge >= 0.3 is 0 Å². The number of nitrogens with zero attached hydrogens (tertiary/aromatic N) is 1. The van der Waals surface area contributed by atoms with Gasteiger partial charge in [-0.15, -0.1) is 0 Å². The van der Waals surface area contributed by atoms with Gasteiger partial charge in [-0.05, 0) is 54.3 Å². The fourth-order valence-corrected chi connectivity index (χ4v) is 5.12. The van der Waals surface area contributed by atoms with Crippen LogP contribution in [0.4, 0.5) is 0 Å². The van der Waals surface area contributed by atoms with Crippen molar-refractivity contribution >= 4 is 22.6 Å². The molecule has 1 aliphatic rings. The van der Waals surface area contributed by atoms with Gasteiger partial charge in [0.1, 0.15) is 0 Å². The van der Waals surface area contributed by atoms with Gasteiger partial charge in [0.15, 0.2) is 0 Å². The number of likely N-dealkylation sites (tertiary alicyclic amines) is 1. The third kappa shape index (κ3) is 4.32. The molecule has 3 N–H and O–H groups in total. The van der Waals surface area contributed by atoms with E-state index in [2.05, 4.69) is 82.7 Å². The summed E-state index contributed by atoms with van der Waals surface area (Å²) >= 11 is 0. The summed E-state index contributed by atoms with van der Waals surface area (Å²) < 4.78 is 0. The molecular formula is C28H27N3O2. The highest BCUT2D eigenvalue weighted by Gasteiger charge is 2.39. The Hall–Kier alpha value is -3.70. The molecule has 1 unspecified atom stereocenters. The van der Waals surface area contributed by atoms with E-state index >= 15 is 0 Å². The Morgan fingerprint density at radius 2 is 1.61 bits per heavy atom. The average Bonchev–Trinajstić information content (AvgIpc) is 3.44. The van der Waals surface area contributed by atoms with Crippen molar-refractivity contribution in [2.45, 2.75) is 24.8 Å². The van der Waals surface area contributed by atoms with Gasteiger partial charge in [-0.25, -0.2) is 0 Å². The van der Waals surface area contributed by atoms with Crippen LogP contribution in [0.1, 0.15) is 33.6 Å². The smallest absolute Gasteiger partial charge is 0.291 e. The SMILES string of the molecule is NC(=O)C(=O)c1cc2cc(C3(Cc4ccccc4)CCN(Cc4ccccc4)C3)ccc2[nH]1. The summed E-state index contributed by atoms with van der Waals surface area (Å²) in [7, 11) is 0. The van der Waals surface area contributed by atoms with Crippen LogP contribution in [0.3, 0.4) is 0 Å². The van der Waals surface area contributed by atoms with E-state index in [9.17, 15) is 9.59 Å². The van der Waals surface area contributed by atoms with Gasteiger partial charge in [0.25, 0.3) is 11.7 Å². The number of amides is 1. The van der Waals surface area contributed by atoms with Crippen molar-refractivity contribution in [3.8, 4) is 0 Å². The molecule has 0 spiro atoms. The summed E-state index contributed by atoms with van der Waals surface area (Å²) in [5, 5.41) is 0.922. The average molecular weight is 438 g/mol. The number of hydrogen-bond acceptors (Lipinski definition) is 3. The van der Waals surface area contributed by atoms with Crippen LogP contribution >= 0.6 is 0 Å². The second-order valence-corrected chi connectivity index (χ2v) is 9.07. The van der Waals surface area contributed by atoms with Gasteiger partial charge in [-0.3, -0.25) is 14.5 Å². The Kier molecular flexibility index (Phi) is 5.56. The predicted octanol–water partition coefficient (Wildman–Crippen LogP) is 4.22. The fourth-order valence-electron chi connectivity index (χ4n) is 5.12. The number of benzene rings is 3. The number of ketones is 1. The highest BCUT2D eigenvalue weighted by Crippen LogP contribution is 2.39. The molecular weight excluding hydrogens is 410 g/mol. The summed E-state index contributed by atoms with van der Waals surface area (Å²) in [6, 6.07) is 29.3. The lowest BCUT2D eigenvalue weighted by atomic mass is 9.74. The van der Waals surface area contributed by atoms with Crippen molar-refractivity contribution in [3.63, 3.8) is 0 Å².